The molecule has 0 aromatic carbocycles. The highest BCUT2D eigenvalue weighted by molar-refractivity contribution is 6.29. The van der Waals surface area contributed by atoms with Gasteiger partial charge in [-0.15, -0.1) is 0 Å². The number of rotatable bonds is 3. The van der Waals surface area contributed by atoms with E-state index in [0.29, 0.717) is 24.2 Å². The molecule has 1 fully saturated rings. The third-order valence-electron chi connectivity index (χ3n) is 3.79. The summed E-state index contributed by atoms with van der Waals surface area (Å²) >= 11 is 5.98. The highest BCUT2D eigenvalue weighted by atomic mass is 35.5. The van der Waals surface area contributed by atoms with Gasteiger partial charge in [-0.1, -0.05) is 11.6 Å². The van der Waals surface area contributed by atoms with Crippen LogP contribution in [0, 0.1) is 0 Å². The first kappa shape index (κ1) is 13.1. The summed E-state index contributed by atoms with van der Waals surface area (Å²) in [5, 5.41) is 13.7. The standard InChI is InChI=1S/C13H17ClN2O3/c1-18-13-12-7(4-11(14)16-13)2-3-8(12)15-9-5-19-6-10(9)17/h4,8-10,15,17H,2-3,5-6H2,1H3/t8-,9+,10+/m0/s1. The Morgan fingerprint density at radius 3 is 3.05 bits per heavy atom. The maximum absolute atomic E-state index is 9.81. The number of aromatic nitrogens is 1. The normalized spacial score (nSPS) is 29.5. The van der Waals surface area contributed by atoms with Crippen molar-refractivity contribution in [2.24, 2.45) is 0 Å². The van der Waals surface area contributed by atoms with Gasteiger partial charge in [-0.05, 0) is 24.5 Å². The topological polar surface area (TPSA) is 63.6 Å². The molecule has 1 aromatic heterocycles. The van der Waals surface area contributed by atoms with Crippen LogP contribution in [-0.2, 0) is 11.2 Å². The quantitative estimate of drug-likeness (QED) is 0.813. The fraction of sp³-hybridized carbons (Fsp3) is 0.615. The van der Waals surface area contributed by atoms with Gasteiger partial charge in [0.1, 0.15) is 5.15 Å². The lowest BCUT2D eigenvalue weighted by Gasteiger charge is -2.22. The summed E-state index contributed by atoms with van der Waals surface area (Å²) in [5.74, 6) is 0.575. The summed E-state index contributed by atoms with van der Waals surface area (Å²) in [6.45, 7) is 0.934. The number of aliphatic hydroxyl groups is 1. The van der Waals surface area contributed by atoms with Crippen LogP contribution >= 0.6 is 11.6 Å². The number of pyridine rings is 1. The molecule has 0 bridgehead atoms. The summed E-state index contributed by atoms with van der Waals surface area (Å²) in [6.07, 6.45) is 1.45. The number of fused-ring (bicyclic) bond motifs is 1. The van der Waals surface area contributed by atoms with Crippen LogP contribution in [0.3, 0.4) is 0 Å². The highest BCUT2D eigenvalue weighted by Crippen LogP contribution is 2.38. The molecule has 0 spiro atoms. The monoisotopic (exact) mass is 284 g/mol. The molecule has 3 rings (SSSR count). The van der Waals surface area contributed by atoms with Crippen LogP contribution in [0.15, 0.2) is 6.07 Å². The van der Waals surface area contributed by atoms with E-state index in [1.807, 2.05) is 6.07 Å². The summed E-state index contributed by atoms with van der Waals surface area (Å²) < 4.78 is 10.6. The van der Waals surface area contributed by atoms with Crippen molar-refractivity contribution < 1.29 is 14.6 Å². The molecule has 2 heterocycles. The molecule has 19 heavy (non-hydrogen) atoms. The van der Waals surface area contributed by atoms with Gasteiger partial charge in [0.2, 0.25) is 5.88 Å². The van der Waals surface area contributed by atoms with Gasteiger partial charge in [-0.2, -0.15) is 0 Å². The van der Waals surface area contributed by atoms with E-state index in [2.05, 4.69) is 10.3 Å². The van der Waals surface area contributed by atoms with E-state index in [1.165, 1.54) is 5.56 Å². The number of nitrogens with zero attached hydrogens (tertiary/aromatic N) is 1. The van der Waals surface area contributed by atoms with E-state index >= 15 is 0 Å². The van der Waals surface area contributed by atoms with Crippen molar-refractivity contribution in [3.05, 3.63) is 22.3 Å². The second-order valence-electron chi connectivity index (χ2n) is 5.00. The van der Waals surface area contributed by atoms with Gasteiger partial charge < -0.3 is 19.9 Å². The van der Waals surface area contributed by atoms with Crippen molar-refractivity contribution in [2.45, 2.75) is 31.0 Å². The molecular formula is C13H17ClN2O3. The lowest BCUT2D eigenvalue weighted by atomic mass is 10.1. The van der Waals surface area contributed by atoms with Crippen molar-refractivity contribution in [2.75, 3.05) is 20.3 Å². The molecule has 2 N–H and O–H groups in total. The number of halogens is 1. The Kier molecular flexibility index (Phi) is 3.62. The fourth-order valence-corrected chi connectivity index (χ4v) is 3.06. The molecule has 0 radical (unpaired) electrons. The summed E-state index contributed by atoms with van der Waals surface area (Å²) in [7, 11) is 1.60. The largest absolute Gasteiger partial charge is 0.481 e. The van der Waals surface area contributed by atoms with E-state index in [1.54, 1.807) is 7.11 Å². The first-order chi connectivity index (χ1) is 9.19. The molecule has 0 saturated carbocycles. The van der Waals surface area contributed by atoms with Gasteiger partial charge in [-0.25, -0.2) is 4.98 Å². The molecule has 3 atom stereocenters. The smallest absolute Gasteiger partial charge is 0.219 e. The van der Waals surface area contributed by atoms with E-state index < -0.39 is 6.10 Å². The molecule has 6 heteroatoms. The Labute approximate surface area is 116 Å². The van der Waals surface area contributed by atoms with Crippen LogP contribution in [0.2, 0.25) is 5.15 Å². The Morgan fingerprint density at radius 1 is 1.53 bits per heavy atom. The molecule has 1 aromatic rings. The number of ether oxygens (including phenoxy) is 2. The molecular weight excluding hydrogens is 268 g/mol. The minimum Gasteiger partial charge on any atom is -0.481 e. The molecule has 1 saturated heterocycles. The average molecular weight is 285 g/mol. The summed E-state index contributed by atoms with van der Waals surface area (Å²) in [4.78, 5) is 4.22. The number of aliphatic hydroxyl groups excluding tert-OH is 1. The highest BCUT2D eigenvalue weighted by Gasteiger charge is 2.33. The van der Waals surface area contributed by atoms with E-state index in [-0.39, 0.29) is 12.1 Å². The number of methoxy groups -OCH3 is 1. The number of hydrogen-bond acceptors (Lipinski definition) is 5. The molecule has 1 aliphatic carbocycles. The summed E-state index contributed by atoms with van der Waals surface area (Å²) in [6, 6.07) is 2.00. The first-order valence-electron chi connectivity index (χ1n) is 6.44. The zero-order valence-electron chi connectivity index (χ0n) is 10.7. The second-order valence-corrected chi connectivity index (χ2v) is 5.38. The first-order valence-corrected chi connectivity index (χ1v) is 6.82. The zero-order chi connectivity index (χ0) is 13.4. The van der Waals surface area contributed by atoms with Crippen molar-refractivity contribution in [3.63, 3.8) is 0 Å². The minimum absolute atomic E-state index is 0.0312. The predicted molar refractivity (Wildman–Crippen MR) is 70.6 cm³/mol. The predicted octanol–water partition coefficient (Wildman–Crippen LogP) is 1.08. The van der Waals surface area contributed by atoms with Gasteiger partial charge in [0.25, 0.3) is 0 Å². The molecule has 0 amide bonds. The number of aryl methyl sites for hydroxylation is 1. The number of nitrogens with one attached hydrogen (secondary N) is 1. The lowest BCUT2D eigenvalue weighted by molar-refractivity contribution is 0.121. The van der Waals surface area contributed by atoms with Gasteiger partial charge in [0.15, 0.2) is 0 Å². The van der Waals surface area contributed by atoms with E-state index in [4.69, 9.17) is 21.1 Å². The van der Waals surface area contributed by atoms with Crippen LogP contribution in [0.1, 0.15) is 23.6 Å². The SMILES string of the molecule is COc1nc(Cl)cc2c1[C@@H](N[C@@H]1COC[C@H]1O)CC2. The second kappa shape index (κ2) is 5.25. The van der Waals surface area contributed by atoms with Crippen LogP contribution in [0.4, 0.5) is 0 Å². The third kappa shape index (κ3) is 2.43. The molecule has 2 aliphatic rings. The third-order valence-corrected chi connectivity index (χ3v) is 3.98. The Bertz CT molecular complexity index is 483. The fourth-order valence-electron chi connectivity index (χ4n) is 2.86. The van der Waals surface area contributed by atoms with Crippen molar-refractivity contribution in [1.29, 1.82) is 0 Å². The molecule has 5 nitrogen and oxygen atoms in total. The zero-order valence-corrected chi connectivity index (χ0v) is 11.5. The van der Waals surface area contributed by atoms with Gasteiger partial charge in [0, 0.05) is 11.6 Å². The maximum atomic E-state index is 9.81. The van der Waals surface area contributed by atoms with Crippen molar-refractivity contribution in [3.8, 4) is 5.88 Å². The molecule has 104 valence electrons. The lowest BCUT2D eigenvalue weighted by Crippen LogP contribution is -2.40. The van der Waals surface area contributed by atoms with Crippen molar-refractivity contribution >= 4 is 11.6 Å². The van der Waals surface area contributed by atoms with Gasteiger partial charge >= 0.3 is 0 Å². The Hall–Kier alpha value is -0.880. The molecule has 1 aliphatic heterocycles. The van der Waals surface area contributed by atoms with Gasteiger partial charge in [0.05, 0.1) is 32.5 Å². The van der Waals surface area contributed by atoms with Crippen LogP contribution in [0.25, 0.3) is 0 Å². The van der Waals surface area contributed by atoms with E-state index in [9.17, 15) is 5.11 Å². The van der Waals surface area contributed by atoms with Gasteiger partial charge in [-0.3, -0.25) is 0 Å². The average Bonchev–Trinajstić information content (AvgIpc) is 2.97. The maximum Gasteiger partial charge on any atom is 0.219 e. The minimum atomic E-state index is -0.449. The Morgan fingerprint density at radius 2 is 2.37 bits per heavy atom. The van der Waals surface area contributed by atoms with Crippen LogP contribution in [0.5, 0.6) is 5.88 Å². The molecule has 0 unspecified atom stereocenters. The van der Waals surface area contributed by atoms with Crippen molar-refractivity contribution in [1.82, 2.24) is 10.3 Å². The Balaban J connectivity index is 1.84. The van der Waals surface area contributed by atoms with Crippen LogP contribution < -0.4 is 10.1 Å². The van der Waals surface area contributed by atoms with E-state index in [0.717, 1.165) is 18.4 Å². The summed E-state index contributed by atoms with van der Waals surface area (Å²) in [5.41, 5.74) is 2.23. The van der Waals surface area contributed by atoms with Crippen LogP contribution in [-0.4, -0.2) is 42.6 Å². The number of hydrogen-bond donors (Lipinski definition) is 2.